The number of carbonyl (C=O) groups excluding carboxylic acids is 1. The molecular formula is C34H52FN7O7. The summed E-state index contributed by atoms with van der Waals surface area (Å²) in [5, 5.41) is 23.0. The Morgan fingerprint density at radius 2 is 1.78 bits per heavy atom. The third-order valence-corrected chi connectivity index (χ3v) is 9.13. The van der Waals surface area contributed by atoms with Gasteiger partial charge in [0.05, 0.1) is 12.2 Å². The first-order valence-corrected chi connectivity index (χ1v) is 16.8. The largest absolute Gasteiger partial charge is 0.473 e. The summed E-state index contributed by atoms with van der Waals surface area (Å²) in [5.41, 5.74) is 0.366. The van der Waals surface area contributed by atoms with E-state index in [1.54, 1.807) is 12.0 Å². The molecule has 15 heteroatoms. The second kappa shape index (κ2) is 18.2. The fraction of sp³-hybridized carbons (Fsp3) is 0.647. The topological polar surface area (TPSA) is 162 Å². The number of benzene rings is 1. The molecule has 4 rings (SSSR count). The van der Waals surface area contributed by atoms with Gasteiger partial charge in [-0.25, -0.2) is 19.0 Å². The smallest absolute Gasteiger partial charge is 0.414 e. The number of aliphatic carboxylic acids is 2. The molecule has 1 aromatic heterocycles. The number of likely N-dealkylation sites (tertiary alicyclic amines) is 1. The van der Waals surface area contributed by atoms with Gasteiger partial charge in [0.2, 0.25) is 0 Å². The summed E-state index contributed by atoms with van der Waals surface area (Å²) >= 11 is 0. The summed E-state index contributed by atoms with van der Waals surface area (Å²) in [6.07, 6.45) is 4.85. The number of nitrogens with zero attached hydrogens (tertiary/aromatic N) is 7. The van der Waals surface area contributed by atoms with E-state index in [0.29, 0.717) is 24.3 Å². The summed E-state index contributed by atoms with van der Waals surface area (Å²) in [5.74, 6) is -2.78. The maximum Gasteiger partial charge on any atom is 0.414 e. The van der Waals surface area contributed by atoms with Crippen molar-refractivity contribution in [2.45, 2.75) is 66.0 Å². The van der Waals surface area contributed by atoms with E-state index >= 15 is 0 Å². The SMILES string of the molecule is CCN(C(=O)c1cc(F)ccc1Oc1nncnc1N1CCC2(C1)CN([C@@H](CCCN(C)CCOC)C(C)C)C2)C(C)C.O=C(O)C(=O)O. The maximum absolute atomic E-state index is 14.3. The van der Waals surface area contributed by atoms with Gasteiger partial charge in [-0.3, -0.25) is 9.69 Å². The van der Waals surface area contributed by atoms with Crippen molar-refractivity contribution in [1.82, 2.24) is 29.9 Å². The number of carboxylic acids is 2. The number of anilines is 1. The number of halogens is 1. The van der Waals surface area contributed by atoms with Gasteiger partial charge >= 0.3 is 11.9 Å². The average molecular weight is 690 g/mol. The van der Waals surface area contributed by atoms with Gasteiger partial charge in [-0.2, -0.15) is 0 Å². The number of aromatic nitrogens is 3. The van der Waals surface area contributed by atoms with Gasteiger partial charge < -0.3 is 34.4 Å². The lowest BCUT2D eigenvalue weighted by molar-refractivity contribution is -0.159. The number of ether oxygens (including phenoxy) is 2. The molecule has 2 N–H and O–H groups in total. The Balaban J connectivity index is 0.000000992. The molecule has 14 nitrogen and oxygen atoms in total. The number of methoxy groups -OCH3 is 1. The third kappa shape index (κ3) is 10.8. The zero-order valence-electron chi connectivity index (χ0n) is 29.8. The van der Waals surface area contributed by atoms with E-state index in [4.69, 9.17) is 29.3 Å². The standard InChI is InChI=1S/C32H50FN7O3.C2H2O4/c1-8-40(24(4)5)31(41)26-18-25(33)11-12-28(26)43-30-29(34-22-35-36-30)38-15-13-32(19-38)20-39(21-32)27(23(2)3)10-9-14-37(6)16-17-42-7;3-1(4)2(5)6/h11-12,18,22-24,27H,8-10,13-17,19-21H2,1-7H3;(H,3,4)(H,5,6)/t27-;/m0./s1. The molecule has 2 saturated heterocycles. The normalized spacial score (nSPS) is 16.0. The molecule has 2 fully saturated rings. The molecule has 49 heavy (non-hydrogen) atoms. The van der Waals surface area contributed by atoms with Crippen LogP contribution in [0.15, 0.2) is 24.5 Å². The minimum Gasteiger partial charge on any atom is -0.473 e. The summed E-state index contributed by atoms with van der Waals surface area (Å²) in [7, 11) is 3.91. The third-order valence-electron chi connectivity index (χ3n) is 9.13. The van der Waals surface area contributed by atoms with Gasteiger partial charge in [0.25, 0.3) is 11.8 Å². The predicted octanol–water partition coefficient (Wildman–Crippen LogP) is 3.72. The van der Waals surface area contributed by atoms with Crippen molar-refractivity contribution in [2.24, 2.45) is 11.3 Å². The Labute approximate surface area is 288 Å². The van der Waals surface area contributed by atoms with Crippen LogP contribution in [0.4, 0.5) is 10.2 Å². The van der Waals surface area contributed by atoms with Gasteiger partial charge in [-0.15, -0.1) is 10.2 Å². The van der Waals surface area contributed by atoms with Crippen molar-refractivity contribution in [3.05, 3.63) is 35.9 Å². The number of hydrogen-bond acceptors (Lipinski definition) is 11. The number of rotatable bonds is 15. The number of carboxylic acid groups (broad SMARTS) is 2. The van der Waals surface area contributed by atoms with E-state index in [-0.39, 0.29) is 34.6 Å². The second-order valence-electron chi connectivity index (χ2n) is 13.5. The molecule has 3 heterocycles. The second-order valence-corrected chi connectivity index (χ2v) is 13.5. The minimum absolute atomic E-state index is 0.0391. The lowest BCUT2D eigenvalue weighted by atomic mass is 9.76. The van der Waals surface area contributed by atoms with E-state index in [1.807, 2.05) is 20.8 Å². The number of carbonyl (C=O) groups is 3. The first kappa shape index (κ1) is 39.5. The molecule has 0 radical (unpaired) electrons. The maximum atomic E-state index is 14.3. The lowest BCUT2D eigenvalue weighted by Crippen LogP contribution is -2.62. The molecule has 0 aliphatic carbocycles. The van der Waals surface area contributed by atoms with E-state index in [2.05, 4.69) is 50.8 Å². The molecule has 1 spiro atoms. The Hall–Kier alpha value is -3.95. The lowest BCUT2D eigenvalue weighted by Gasteiger charge is -2.53. The summed E-state index contributed by atoms with van der Waals surface area (Å²) in [6, 6.07) is 4.52. The highest BCUT2D eigenvalue weighted by Crippen LogP contribution is 2.44. The van der Waals surface area contributed by atoms with E-state index in [0.717, 1.165) is 52.3 Å². The van der Waals surface area contributed by atoms with Crippen molar-refractivity contribution >= 4 is 23.7 Å². The Morgan fingerprint density at radius 1 is 1.08 bits per heavy atom. The first-order chi connectivity index (χ1) is 23.2. The summed E-state index contributed by atoms with van der Waals surface area (Å²) in [4.78, 5) is 45.0. The average Bonchev–Trinajstić information content (AvgIpc) is 3.48. The predicted molar refractivity (Wildman–Crippen MR) is 181 cm³/mol. The van der Waals surface area contributed by atoms with Gasteiger partial charge in [0, 0.05) is 63.9 Å². The molecule has 1 aromatic carbocycles. The van der Waals surface area contributed by atoms with Crippen molar-refractivity contribution in [2.75, 3.05) is 71.5 Å². The van der Waals surface area contributed by atoms with Crippen LogP contribution in [0.3, 0.4) is 0 Å². The molecule has 1 atom stereocenters. The highest BCUT2D eigenvalue weighted by molar-refractivity contribution is 6.27. The van der Waals surface area contributed by atoms with Crippen LogP contribution < -0.4 is 9.64 Å². The van der Waals surface area contributed by atoms with E-state index in [1.165, 1.54) is 37.4 Å². The van der Waals surface area contributed by atoms with Gasteiger partial charge in [0.15, 0.2) is 5.82 Å². The Bertz CT molecular complexity index is 1390. The van der Waals surface area contributed by atoms with Crippen molar-refractivity contribution < 1.29 is 38.5 Å². The van der Waals surface area contributed by atoms with Crippen molar-refractivity contribution in [3.8, 4) is 11.6 Å². The van der Waals surface area contributed by atoms with Crippen LogP contribution in [0.25, 0.3) is 0 Å². The zero-order valence-corrected chi connectivity index (χ0v) is 29.8. The zero-order chi connectivity index (χ0) is 36.3. The monoisotopic (exact) mass is 689 g/mol. The summed E-state index contributed by atoms with van der Waals surface area (Å²) in [6.45, 7) is 17.6. The molecule has 0 unspecified atom stereocenters. The minimum atomic E-state index is -1.82. The Morgan fingerprint density at radius 3 is 2.37 bits per heavy atom. The first-order valence-electron chi connectivity index (χ1n) is 16.8. The summed E-state index contributed by atoms with van der Waals surface area (Å²) < 4.78 is 25.7. The molecular weight excluding hydrogens is 637 g/mol. The van der Waals surface area contributed by atoms with Crippen LogP contribution in [0.2, 0.25) is 0 Å². The van der Waals surface area contributed by atoms with Crippen molar-refractivity contribution in [1.29, 1.82) is 0 Å². The van der Waals surface area contributed by atoms with Crippen molar-refractivity contribution in [3.63, 3.8) is 0 Å². The Kier molecular flexibility index (Phi) is 14.6. The quantitative estimate of drug-likeness (QED) is 0.261. The van der Waals surface area contributed by atoms with Gasteiger partial charge in [-0.1, -0.05) is 13.8 Å². The van der Waals surface area contributed by atoms with Crippen LogP contribution >= 0.6 is 0 Å². The molecule has 272 valence electrons. The van der Waals surface area contributed by atoms with Crippen LogP contribution in [-0.4, -0.2) is 137 Å². The number of amides is 1. The number of likely N-dealkylation sites (N-methyl/N-ethyl adjacent to an activating group) is 1. The van der Waals surface area contributed by atoms with Crippen LogP contribution in [0.5, 0.6) is 11.6 Å². The molecule has 2 aromatic rings. The molecule has 1 amide bonds. The molecule has 0 saturated carbocycles. The number of hydrogen-bond donors (Lipinski definition) is 2. The van der Waals surface area contributed by atoms with E-state index < -0.39 is 17.8 Å². The van der Waals surface area contributed by atoms with Crippen LogP contribution in [-0.2, 0) is 14.3 Å². The van der Waals surface area contributed by atoms with Crippen LogP contribution in [0, 0.1) is 17.2 Å². The highest BCUT2D eigenvalue weighted by Gasteiger charge is 2.50. The molecule has 2 aliphatic heterocycles. The fourth-order valence-corrected chi connectivity index (χ4v) is 6.59. The fourth-order valence-electron chi connectivity index (χ4n) is 6.59. The van der Waals surface area contributed by atoms with Gasteiger partial charge in [-0.05, 0) is 77.7 Å². The molecule has 0 bridgehead atoms. The van der Waals surface area contributed by atoms with Gasteiger partial charge in [0.1, 0.15) is 17.9 Å². The van der Waals surface area contributed by atoms with Crippen LogP contribution in [0.1, 0.15) is 64.2 Å². The molecule has 2 aliphatic rings. The highest BCUT2D eigenvalue weighted by atomic mass is 19.1. The van der Waals surface area contributed by atoms with E-state index in [9.17, 15) is 9.18 Å².